The molecular formula is C21H26IN7. The third-order valence-corrected chi connectivity index (χ3v) is 5.88. The number of nitrogens with two attached hydrogens (primary N) is 1. The number of guanidine groups is 1. The number of anilines is 1. The standard InChI is InChI=1S/C21H26IN7/c1-27(2)19-15-21(23,16-6-5-7-17(22)14-16)26-20(25-19)29-12-10-28(11-13-29)18-8-3-4-9-24-18/h3-9,14-15H,10-13,23H2,1-2H3,(H,25,26). The summed E-state index contributed by atoms with van der Waals surface area (Å²) in [5, 5.41) is 3.46. The molecule has 0 saturated carbocycles. The van der Waals surface area contributed by atoms with Crippen LogP contribution < -0.4 is 16.0 Å². The molecule has 1 fully saturated rings. The SMILES string of the molecule is CN(C)C1=CC(N)(c2cccc(I)c2)N=C(N2CCN(c3ccccn3)CC2)N1. The highest BCUT2D eigenvalue weighted by atomic mass is 127. The van der Waals surface area contributed by atoms with E-state index in [2.05, 4.69) is 60.9 Å². The predicted molar refractivity (Wildman–Crippen MR) is 125 cm³/mol. The Balaban J connectivity index is 1.58. The quantitative estimate of drug-likeness (QED) is 0.625. The highest BCUT2D eigenvalue weighted by Gasteiger charge is 2.33. The van der Waals surface area contributed by atoms with Crippen LogP contribution in [0.25, 0.3) is 0 Å². The second kappa shape index (κ2) is 8.19. The van der Waals surface area contributed by atoms with Gasteiger partial charge in [0.1, 0.15) is 11.6 Å². The number of benzene rings is 1. The van der Waals surface area contributed by atoms with Crippen LogP contribution in [0.5, 0.6) is 0 Å². The molecule has 0 bridgehead atoms. The first-order valence-electron chi connectivity index (χ1n) is 9.67. The Bertz CT molecular complexity index is 920. The molecule has 152 valence electrons. The van der Waals surface area contributed by atoms with E-state index in [-0.39, 0.29) is 0 Å². The van der Waals surface area contributed by atoms with E-state index in [4.69, 9.17) is 10.7 Å². The maximum absolute atomic E-state index is 6.81. The fraction of sp³-hybridized carbons (Fsp3) is 0.333. The van der Waals surface area contributed by atoms with E-state index in [1.807, 2.05) is 55.5 Å². The van der Waals surface area contributed by atoms with Crippen LogP contribution in [0.4, 0.5) is 5.82 Å². The van der Waals surface area contributed by atoms with Crippen molar-refractivity contribution in [2.45, 2.75) is 5.66 Å². The van der Waals surface area contributed by atoms with Gasteiger partial charge in [-0.25, -0.2) is 9.98 Å². The summed E-state index contributed by atoms with van der Waals surface area (Å²) in [6.45, 7) is 3.48. The number of halogens is 1. The van der Waals surface area contributed by atoms with Gasteiger partial charge in [0, 0.05) is 56.1 Å². The third-order valence-electron chi connectivity index (χ3n) is 5.21. The Morgan fingerprint density at radius 2 is 1.83 bits per heavy atom. The van der Waals surface area contributed by atoms with Crippen molar-refractivity contribution < 1.29 is 0 Å². The van der Waals surface area contributed by atoms with Crippen LogP contribution in [-0.2, 0) is 5.66 Å². The minimum atomic E-state index is -0.903. The van der Waals surface area contributed by atoms with Crippen LogP contribution in [0.1, 0.15) is 5.56 Å². The zero-order valence-corrected chi connectivity index (χ0v) is 18.9. The zero-order valence-electron chi connectivity index (χ0n) is 16.7. The maximum Gasteiger partial charge on any atom is 0.202 e. The first kappa shape index (κ1) is 20.0. The number of hydrogen-bond acceptors (Lipinski definition) is 7. The van der Waals surface area contributed by atoms with E-state index in [0.29, 0.717) is 0 Å². The molecule has 4 rings (SSSR count). The van der Waals surface area contributed by atoms with Gasteiger partial charge in [-0.15, -0.1) is 0 Å². The number of nitrogens with one attached hydrogen (secondary N) is 1. The van der Waals surface area contributed by atoms with E-state index in [9.17, 15) is 0 Å². The van der Waals surface area contributed by atoms with Crippen molar-refractivity contribution in [2.24, 2.45) is 10.7 Å². The van der Waals surface area contributed by atoms with E-state index in [1.165, 1.54) is 0 Å². The highest BCUT2D eigenvalue weighted by molar-refractivity contribution is 14.1. The predicted octanol–water partition coefficient (Wildman–Crippen LogP) is 1.98. The number of nitrogens with zero attached hydrogens (tertiary/aromatic N) is 5. The van der Waals surface area contributed by atoms with Gasteiger partial charge in [0.15, 0.2) is 5.66 Å². The Morgan fingerprint density at radius 3 is 2.48 bits per heavy atom. The summed E-state index contributed by atoms with van der Waals surface area (Å²) in [6.07, 6.45) is 3.83. The molecule has 1 aromatic carbocycles. The smallest absolute Gasteiger partial charge is 0.202 e. The largest absolute Gasteiger partial charge is 0.364 e. The maximum atomic E-state index is 6.81. The summed E-state index contributed by atoms with van der Waals surface area (Å²) in [4.78, 5) is 16.0. The molecule has 2 aromatic rings. The van der Waals surface area contributed by atoms with Gasteiger partial charge in [0.05, 0.1) is 0 Å². The molecule has 3 heterocycles. The summed E-state index contributed by atoms with van der Waals surface area (Å²) in [5.41, 5.74) is 6.89. The van der Waals surface area contributed by atoms with Gasteiger partial charge in [0.2, 0.25) is 5.96 Å². The van der Waals surface area contributed by atoms with Crippen LogP contribution in [0.3, 0.4) is 0 Å². The second-order valence-electron chi connectivity index (χ2n) is 7.48. The van der Waals surface area contributed by atoms with E-state index in [1.54, 1.807) is 0 Å². The van der Waals surface area contributed by atoms with Crippen molar-refractivity contribution in [3.63, 3.8) is 0 Å². The van der Waals surface area contributed by atoms with Gasteiger partial charge < -0.3 is 20.0 Å². The molecule has 29 heavy (non-hydrogen) atoms. The van der Waals surface area contributed by atoms with Gasteiger partial charge in [-0.1, -0.05) is 18.2 Å². The number of aromatic nitrogens is 1. The summed E-state index contributed by atoms with van der Waals surface area (Å²) in [5.74, 6) is 2.79. The Hall–Kier alpha value is -2.33. The lowest BCUT2D eigenvalue weighted by Gasteiger charge is -2.41. The van der Waals surface area contributed by atoms with Crippen molar-refractivity contribution in [1.29, 1.82) is 0 Å². The van der Waals surface area contributed by atoms with Gasteiger partial charge >= 0.3 is 0 Å². The minimum Gasteiger partial charge on any atom is -0.364 e. The average molecular weight is 503 g/mol. The average Bonchev–Trinajstić information content (AvgIpc) is 2.74. The van der Waals surface area contributed by atoms with Crippen LogP contribution in [0, 0.1) is 3.57 Å². The monoisotopic (exact) mass is 503 g/mol. The minimum absolute atomic E-state index is 0.818. The molecular weight excluding hydrogens is 477 g/mol. The van der Waals surface area contributed by atoms with Crippen LogP contribution in [-0.4, -0.2) is 61.0 Å². The number of hydrogen-bond donors (Lipinski definition) is 2. The van der Waals surface area contributed by atoms with Gasteiger partial charge in [0.25, 0.3) is 0 Å². The van der Waals surface area contributed by atoms with Gasteiger partial charge in [-0.2, -0.15) is 0 Å². The van der Waals surface area contributed by atoms with Crippen LogP contribution in [0.2, 0.25) is 0 Å². The second-order valence-corrected chi connectivity index (χ2v) is 8.73. The highest BCUT2D eigenvalue weighted by Crippen LogP contribution is 2.28. The Kier molecular flexibility index (Phi) is 5.64. The van der Waals surface area contributed by atoms with Crippen molar-refractivity contribution >= 4 is 34.4 Å². The summed E-state index contributed by atoms with van der Waals surface area (Å²) in [6, 6.07) is 14.2. The fourth-order valence-corrected chi connectivity index (χ4v) is 4.10. The molecule has 2 aliphatic rings. The van der Waals surface area contributed by atoms with E-state index < -0.39 is 5.66 Å². The summed E-state index contributed by atoms with van der Waals surface area (Å²) >= 11 is 2.31. The van der Waals surface area contributed by atoms with Gasteiger partial charge in [-0.3, -0.25) is 5.73 Å². The van der Waals surface area contributed by atoms with Crippen LogP contribution in [0.15, 0.2) is 65.6 Å². The molecule has 0 radical (unpaired) electrons. The summed E-state index contributed by atoms with van der Waals surface area (Å²) < 4.78 is 1.14. The first-order valence-corrected chi connectivity index (χ1v) is 10.8. The van der Waals surface area contributed by atoms with E-state index in [0.717, 1.165) is 52.9 Å². The molecule has 1 atom stereocenters. The molecule has 0 amide bonds. The molecule has 0 spiro atoms. The number of rotatable bonds is 3. The molecule has 3 N–H and O–H groups in total. The van der Waals surface area contributed by atoms with E-state index >= 15 is 0 Å². The Morgan fingerprint density at radius 1 is 1.07 bits per heavy atom. The zero-order chi connectivity index (χ0) is 20.4. The normalized spacial score (nSPS) is 21.9. The number of pyridine rings is 1. The molecule has 2 aliphatic heterocycles. The molecule has 0 aliphatic carbocycles. The lowest BCUT2D eigenvalue weighted by atomic mass is 9.99. The topological polar surface area (TPSA) is 73.0 Å². The lowest BCUT2D eigenvalue weighted by molar-refractivity contribution is 0.352. The lowest BCUT2D eigenvalue weighted by Crippen LogP contribution is -2.56. The molecule has 1 aromatic heterocycles. The fourth-order valence-electron chi connectivity index (χ4n) is 3.56. The molecule has 1 saturated heterocycles. The van der Waals surface area contributed by atoms with Gasteiger partial charge in [-0.05, 0) is 52.4 Å². The van der Waals surface area contributed by atoms with Crippen molar-refractivity contribution in [3.05, 3.63) is 69.7 Å². The van der Waals surface area contributed by atoms with Crippen molar-refractivity contribution in [1.82, 2.24) is 20.1 Å². The molecule has 7 nitrogen and oxygen atoms in total. The van der Waals surface area contributed by atoms with Crippen molar-refractivity contribution in [2.75, 3.05) is 45.2 Å². The number of aliphatic imine (C=N–C) groups is 1. The third kappa shape index (κ3) is 4.32. The molecule has 1 unspecified atom stereocenters. The van der Waals surface area contributed by atoms with Crippen LogP contribution >= 0.6 is 22.6 Å². The summed E-state index contributed by atoms with van der Waals surface area (Å²) in [7, 11) is 4.02. The Labute approximate surface area is 185 Å². The first-order chi connectivity index (χ1) is 13.9. The number of piperazine rings is 1. The molecule has 8 heteroatoms. The van der Waals surface area contributed by atoms with Crippen molar-refractivity contribution in [3.8, 4) is 0 Å².